The van der Waals surface area contributed by atoms with Gasteiger partial charge in [-0.2, -0.15) is 0 Å². The van der Waals surface area contributed by atoms with E-state index >= 15 is 0 Å². The molecule has 1 amide bonds. The van der Waals surface area contributed by atoms with Gasteiger partial charge in [0.15, 0.2) is 0 Å². The number of hydrogen-bond donors (Lipinski definition) is 3. The normalized spacial score (nSPS) is 10.3. The molecule has 0 aliphatic carbocycles. The van der Waals surface area contributed by atoms with E-state index in [1.54, 1.807) is 21.0 Å². The zero-order chi connectivity index (χ0) is 13.0. The molecule has 0 saturated heterocycles. The minimum atomic E-state index is -1.07. The van der Waals surface area contributed by atoms with Crippen LogP contribution in [0.15, 0.2) is 0 Å². The number of methoxy groups -OCH3 is 1. The number of aromatic amines is 1. The predicted octanol–water partition coefficient (Wildman–Crippen LogP) is 0.706. The number of carboxylic acids is 1. The Labute approximate surface area is 99.0 Å². The van der Waals surface area contributed by atoms with Gasteiger partial charge in [-0.3, -0.25) is 4.79 Å². The molecule has 1 heterocycles. The molecule has 0 atom stereocenters. The highest BCUT2D eigenvalue weighted by atomic mass is 16.5. The highest BCUT2D eigenvalue weighted by Gasteiger charge is 2.20. The second-order valence-corrected chi connectivity index (χ2v) is 3.68. The Bertz CT molecular complexity index is 437. The maximum atomic E-state index is 11.8. The van der Waals surface area contributed by atoms with Gasteiger partial charge in [0.05, 0.1) is 12.2 Å². The van der Waals surface area contributed by atoms with Gasteiger partial charge in [0.2, 0.25) is 0 Å². The van der Waals surface area contributed by atoms with Crippen LogP contribution in [0, 0.1) is 13.8 Å². The van der Waals surface area contributed by atoms with Gasteiger partial charge in [0.25, 0.3) is 5.91 Å². The average Bonchev–Trinajstić information content (AvgIpc) is 2.54. The molecule has 0 radical (unpaired) electrons. The molecular formula is C11H16N2O4. The Morgan fingerprint density at radius 2 is 2.06 bits per heavy atom. The van der Waals surface area contributed by atoms with Crippen LogP contribution in [0.1, 0.15) is 32.1 Å². The summed E-state index contributed by atoms with van der Waals surface area (Å²) in [5.74, 6) is -1.36. The molecule has 1 aromatic rings. The number of hydrogen-bond acceptors (Lipinski definition) is 3. The standard InChI is InChI=1S/C11H16N2O4/c1-6-8(10(14)12-4-5-17-3)7(2)13-9(6)11(15)16/h13H,4-5H2,1-3H3,(H,12,14)(H,15,16). The number of aromatic carboxylic acids is 1. The first kappa shape index (κ1) is 13.2. The van der Waals surface area contributed by atoms with Crippen LogP contribution in [-0.2, 0) is 4.74 Å². The molecule has 6 nitrogen and oxygen atoms in total. The van der Waals surface area contributed by atoms with Crippen molar-refractivity contribution in [1.29, 1.82) is 0 Å². The Kier molecular flexibility index (Phi) is 4.28. The van der Waals surface area contributed by atoms with Crippen molar-refractivity contribution in [2.45, 2.75) is 13.8 Å². The van der Waals surface area contributed by atoms with Crippen LogP contribution in [0.25, 0.3) is 0 Å². The van der Waals surface area contributed by atoms with Gasteiger partial charge in [0.1, 0.15) is 5.69 Å². The lowest BCUT2D eigenvalue weighted by Crippen LogP contribution is -2.27. The summed E-state index contributed by atoms with van der Waals surface area (Å²) >= 11 is 0. The van der Waals surface area contributed by atoms with Gasteiger partial charge in [-0.15, -0.1) is 0 Å². The van der Waals surface area contributed by atoms with Crippen LogP contribution in [0.3, 0.4) is 0 Å². The summed E-state index contributed by atoms with van der Waals surface area (Å²) < 4.78 is 4.82. The summed E-state index contributed by atoms with van der Waals surface area (Å²) in [6, 6.07) is 0. The number of amides is 1. The molecule has 0 unspecified atom stereocenters. The largest absolute Gasteiger partial charge is 0.477 e. The van der Waals surface area contributed by atoms with Crippen molar-refractivity contribution < 1.29 is 19.4 Å². The minimum absolute atomic E-state index is 0.0550. The molecule has 3 N–H and O–H groups in total. The Morgan fingerprint density at radius 3 is 2.53 bits per heavy atom. The van der Waals surface area contributed by atoms with Crippen molar-refractivity contribution in [3.05, 3.63) is 22.5 Å². The van der Waals surface area contributed by atoms with E-state index in [0.717, 1.165) is 0 Å². The summed E-state index contributed by atoms with van der Waals surface area (Å²) in [5.41, 5.74) is 1.44. The fourth-order valence-electron chi connectivity index (χ4n) is 1.66. The van der Waals surface area contributed by atoms with Crippen LogP contribution in [0.2, 0.25) is 0 Å². The van der Waals surface area contributed by atoms with Crippen molar-refractivity contribution in [2.75, 3.05) is 20.3 Å². The lowest BCUT2D eigenvalue weighted by Gasteiger charge is -2.04. The van der Waals surface area contributed by atoms with E-state index in [2.05, 4.69) is 10.3 Å². The number of ether oxygens (including phenoxy) is 1. The highest BCUT2D eigenvalue weighted by Crippen LogP contribution is 2.17. The molecular weight excluding hydrogens is 224 g/mol. The van der Waals surface area contributed by atoms with E-state index < -0.39 is 5.97 Å². The highest BCUT2D eigenvalue weighted by molar-refractivity contribution is 6.00. The van der Waals surface area contributed by atoms with E-state index in [9.17, 15) is 9.59 Å². The number of nitrogens with one attached hydrogen (secondary N) is 2. The summed E-state index contributed by atoms with van der Waals surface area (Å²) in [4.78, 5) is 25.4. The van der Waals surface area contributed by atoms with E-state index in [1.165, 1.54) is 0 Å². The third-order valence-corrected chi connectivity index (χ3v) is 2.47. The molecule has 6 heteroatoms. The smallest absolute Gasteiger partial charge is 0.352 e. The molecule has 1 aromatic heterocycles. The van der Waals surface area contributed by atoms with Gasteiger partial charge >= 0.3 is 5.97 Å². The minimum Gasteiger partial charge on any atom is -0.477 e. The number of H-pyrrole nitrogens is 1. The Hall–Kier alpha value is -1.82. The van der Waals surface area contributed by atoms with E-state index in [1.807, 2.05) is 0 Å². The van der Waals surface area contributed by atoms with Crippen molar-refractivity contribution in [3.8, 4) is 0 Å². The lowest BCUT2D eigenvalue weighted by molar-refractivity contribution is 0.0690. The van der Waals surface area contributed by atoms with Crippen LogP contribution >= 0.6 is 0 Å². The first-order valence-corrected chi connectivity index (χ1v) is 5.18. The van der Waals surface area contributed by atoms with Gasteiger partial charge in [-0.25, -0.2) is 4.79 Å². The molecule has 0 aliphatic heterocycles. The number of aryl methyl sites for hydroxylation is 1. The predicted molar refractivity (Wildman–Crippen MR) is 61.4 cm³/mol. The summed E-state index contributed by atoms with van der Waals surface area (Å²) in [6.45, 7) is 4.09. The molecule has 94 valence electrons. The third-order valence-electron chi connectivity index (χ3n) is 2.47. The van der Waals surface area contributed by atoms with E-state index in [0.29, 0.717) is 30.0 Å². The van der Waals surface area contributed by atoms with E-state index in [-0.39, 0.29) is 11.6 Å². The molecule has 0 bridgehead atoms. The third kappa shape index (κ3) is 2.85. The van der Waals surface area contributed by atoms with Gasteiger partial charge in [-0.05, 0) is 19.4 Å². The summed E-state index contributed by atoms with van der Waals surface area (Å²) in [6.07, 6.45) is 0. The van der Waals surface area contributed by atoms with Crippen molar-refractivity contribution >= 4 is 11.9 Å². The van der Waals surface area contributed by atoms with Crippen molar-refractivity contribution in [2.24, 2.45) is 0 Å². The number of carbonyl (C=O) groups is 2. The topological polar surface area (TPSA) is 91.4 Å². The number of rotatable bonds is 5. The number of carbonyl (C=O) groups excluding carboxylic acids is 1. The quantitative estimate of drug-likeness (QED) is 0.661. The van der Waals surface area contributed by atoms with Crippen LogP contribution in [0.4, 0.5) is 0 Å². The van der Waals surface area contributed by atoms with Crippen LogP contribution < -0.4 is 5.32 Å². The first-order valence-electron chi connectivity index (χ1n) is 5.18. The first-order chi connectivity index (χ1) is 7.99. The van der Waals surface area contributed by atoms with Crippen LogP contribution in [-0.4, -0.2) is 42.2 Å². The maximum absolute atomic E-state index is 11.8. The van der Waals surface area contributed by atoms with Gasteiger partial charge in [-0.1, -0.05) is 0 Å². The zero-order valence-corrected chi connectivity index (χ0v) is 10.1. The molecule has 0 aliphatic rings. The second-order valence-electron chi connectivity index (χ2n) is 3.68. The molecule has 0 fully saturated rings. The average molecular weight is 240 g/mol. The van der Waals surface area contributed by atoms with Gasteiger partial charge in [0, 0.05) is 19.3 Å². The fourth-order valence-corrected chi connectivity index (χ4v) is 1.66. The monoisotopic (exact) mass is 240 g/mol. The lowest BCUT2D eigenvalue weighted by atomic mass is 10.1. The number of aromatic nitrogens is 1. The zero-order valence-electron chi connectivity index (χ0n) is 10.1. The van der Waals surface area contributed by atoms with Crippen LogP contribution in [0.5, 0.6) is 0 Å². The SMILES string of the molecule is COCCNC(=O)c1c(C)[nH]c(C(=O)O)c1C. The van der Waals surface area contributed by atoms with E-state index in [4.69, 9.17) is 9.84 Å². The maximum Gasteiger partial charge on any atom is 0.352 e. The summed E-state index contributed by atoms with van der Waals surface area (Å²) in [5, 5.41) is 11.6. The Morgan fingerprint density at radius 1 is 1.41 bits per heavy atom. The molecule has 0 aromatic carbocycles. The second kappa shape index (κ2) is 5.49. The molecule has 0 saturated carbocycles. The molecule has 0 spiro atoms. The summed E-state index contributed by atoms with van der Waals surface area (Å²) in [7, 11) is 1.54. The number of carboxylic acid groups (broad SMARTS) is 1. The fraction of sp³-hybridized carbons (Fsp3) is 0.455. The van der Waals surface area contributed by atoms with Gasteiger partial charge < -0.3 is 20.1 Å². The van der Waals surface area contributed by atoms with Crippen molar-refractivity contribution in [1.82, 2.24) is 10.3 Å². The van der Waals surface area contributed by atoms with Crippen molar-refractivity contribution in [3.63, 3.8) is 0 Å². The molecule has 1 rings (SSSR count). The Balaban J connectivity index is 2.90. The molecule has 17 heavy (non-hydrogen) atoms.